The number of ether oxygens (including phenoxy) is 1. The van der Waals surface area contributed by atoms with Crippen molar-refractivity contribution in [3.63, 3.8) is 0 Å². The van der Waals surface area contributed by atoms with E-state index in [0.29, 0.717) is 42.6 Å². The molecule has 22 heavy (non-hydrogen) atoms. The third kappa shape index (κ3) is 5.61. The molecule has 0 aliphatic heterocycles. The van der Waals surface area contributed by atoms with E-state index in [9.17, 15) is 4.79 Å². The molecular formula is C15H16BrClN2O3. The highest BCUT2D eigenvalue weighted by molar-refractivity contribution is 9.10. The van der Waals surface area contributed by atoms with Crippen molar-refractivity contribution in [2.24, 2.45) is 0 Å². The second kappa shape index (κ2) is 8.70. The molecule has 0 aliphatic rings. The molecule has 2 amide bonds. The molecule has 0 saturated carbocycles. The van der Waals surface area contributed by atoms with Crippen molar-refractivity contribution in [1.29, 1.82) is 0 Å². The molecule has 0 radical (unpaired) electrons. The van der Waals surface area contributed by atoms with Gasteiger partial charge in [-0.2, -0.15) is 0 Å². The molecule has 0 saturated heterocycles. The normalized spacial score (nSPS) is 10.3. The first-order valence-electron chi connectivity index (χ1n) is 6.77. The van der Waals surface area contributed by atoms with Crippen LogP contribution in [0.3, 0.4) is 0 Å². The fourth-order valence-electron chi connectivity index (χ4n) is 1.69. The average Bonchev–Trinajstić information content (AvgIpc) is 3.00. The zero-order chi connectivity index (χ0) is 15.8. The van der Waals surface area contributed by atoms with Gasteiger partial charge in [0.05, 0.1) is 24.4 Å². The van der Waals surface area contributed by atoms with Gasteiger partial charge in [-0.25, -0.2) is 4.79 Å². The Bertz CT molecular complexity index is 605. The number of furan rings is 1. The van der Waals surface area contributed by atoms with E-state index >= 15 is 0 Å². The summed E-state index contributed by atoms with van der Waals surface area (Å²) in [5.41, 5.74) is 0. The number of carbonyl (C=O) groups is 1. The van der Waals surface area contributed by atoms with E-state index in [0.717, 1.165) is 4.47 Å². The van der Waals surface area contributed by atoms with Gasteiger partial charge in [-0.1, -0.05) is 27.5 Å². The molecule has 2 N–H and O–H groups in total. The van der Waals surface area contributed by atoms with Gasteiger partial charge in [-0.3, -0.25) is 0 Å². The summed E-state index contributed by atoms with van der Waals surface area (Å²) in [7, 11) is 0. The SMILES string of the molecule is O=C(NCCCOc1ccc(Br)cc1Cl)NCc1ccco1. The molecule has 2 aromatic rings. The maximum atomic E-state index is 11.5. The van der Waals surface area contributed by atoms with Crippen molar-refractivity contribution in [3.05, 3.63) is 51.9 Å². The molecule has 1 aromatic carbocycles. The van der Waals surface area contributed by atoms with Crippen molar-refractivity contribution in [2.75, 3.05) is 13.2 Å². The van der Waals surface area contributed by atoms with Crippen molar-refractivity contribution in [1.82, 2.24) is 10.6 Å². The minimum Gasteiger partial charge on any atom is -0.492 e. The average molecular weight is 388 g/mol. The number of urea groups is 1. The van der Waals surface area contributed by atoms with E-state index in [1.54, 1.807) is 30.5 Å². The van der Waals surface area contributed by atoms with Crippen molar-refractivity contribution in [3.8, 4) is 5.75 Å². The summed E-state index contributed by atoms with van der Waals surface area (Å²) in [6.07, 6.45) is 2.25. The van der Waals surface area contributed by atoms with Gasteiger partial charge in [0.2, 0.25) is 0 Å². The van der Waals surface area contributed by atoms with Gasteiger partial charge in [0.25, 0.3) is 0 Å². The smallest absolute Gasteiger partial charge is 0.315 e. The Balaban J connectivity index is 1.57. The minimum atomic E-state index is -0.238. The number of rotatable bonds is 7. The highest BCUT2D eigenvalue weighted by Gasteiger charge is 2.03. The van der Waals surface area contributed by atoms with Crippen LogP contribution < -0.4 is 15.4 Å². The Labute approximate surface area is 142 Å². The first kappa shape index (κ1) is 16.7. The maximum Gasteiger partial charge on any atom is 0.315 e. The highest BCUT2D eigenvalue weighted by Crippen LogP contribution is 2.27. The van der Waals surface area contributed by atoms with E-state index in [2.05, 4.69) is 26.6 Å². The minimum absolute atomic E-state index is 0.238. The zero-order valence-corrected chi connectivity index (χ0v) is 14.1. The number of amides is 2. The Kier molecular flexibility index (Phi) is 6.61. The standard InChI is InChI=1S/C15H16BrClN2O3/c16-11-4-5-14(13(17)9-11)22-8-2-6-18-15(20)19-10-12-3-1-7-21-12/h1,3-5,7,9H,2,6,8,10H2,(H2,18,19,20). The lowest BCUT2D eigenvalue weighted by Crippen LogP contribution is -2.35. The lowest BCUT2D eigenvalue weighted by Gasteiger charge is -2.09. The van der Waals surface area contributed by atoms with Crippen LogP contribution in [0.1, 0.15) is 12.2 Å². The van der Waals surface area contributed by atoms with Gasteiger partial charge in [0.1, 0.15) is 11.5 Å². The second-order valence-electron chi connectivity index (χ2n) is 4.47. The fourth-order valence-corrected chi connectivity index (χ4v) is 2.42. The number of nitrogens with one attached hydrogen (secondary N) is 2. The van der Waals surface area contributed by atoms with Crippen LogP contribution in [0, 0.1) is 0 Å². The van der Waals surface area contributed by atoms with E-state index in [4.69, 9.17) is 20.8 Å². The van der Waals surface area contributed by atoms with Gasteiger partial charge >= 0.3 is 6.03 Å². The molecule has 118 valence electrons. The lowest BCUT2D eigenvalue weighted by molar-refractivity contribution is 0.237. The summed E-state index contributed by atoms with van der Waals surface area (Å²) in [4.78, 5) is 11.5. The van der Waals surface area contributed by atoms with Crippen molar-refractivity contribution >= 4 is 33.6 Å². The topological polar surface area (TPSA) is 63.5 Å². The van der Waals surface area contributed by atoms with E-state index in [1.165, 1.54) is 0 Å². The Morgan fingerprint density at radius 3 is 2.91 bits per heavy atom. The van der Waals surface area contributed by atoms with Gasteiger partial charge in [-0.05, 0) is 36.8 Å². The molecule has 1 heterocycles. The van der Waals surface area contributed by atoms with Crippen LogP contribution in [0.2, 0.25) is 5.02 Å². The van der Waals surface area contributed by atoms with Crippen LogP contribution in [0.5, 0.6) is 5.75 Å². The van der Waals surface area contributed by atoms with E-state index in [1.807, 2.05) is 6.07 Å². The molecule has 2 rings (SSSR count). The number of benzene rings is 1. The molecule has 0 spiro atoms. The third-order valence-electron chi connectivity index (χ3n) is 2.76. The molecule has 7 heteroatoms. The van der Waals surface area contributed by atoms with Crippen LogP contribution in [-0.2, 0) is 6.54 Å². The van der Waals surface area contributed by atoms with E-state index < -0.39 is 0 Å². The summed E-state index contributed by atoms with van der Waals surface area (Å²) >= 11 is 9.37. The van der Waals surface area contributed by atoms with Crippen LogP contribution in [0.4, 0.5) is 4.79 Å². The molecule has 1 aromatic heterocycles. The summed E-state index contributed by atoms with van der Waals surface area (Å²) in [5.74, 6) is 1.34. The predicted octanol–water partition coefficient (Wildman–Crippen LogP) is 3.96. The largest absolute Gasteiger partial charge is 0.492 e. The summed E-state index contributed by atoms with van der Waals surface area (Å²) < 4.78 is 11.6. The molecule has 0 fully saturated rings. The monoisotopic (exact) mass is 386 g/mol. The fraction of sp³-hybridized carbons (Fsp3) is 0.267. The van der Waals surface area contributed by atoms with Gasteiger partial charge in [0, 0.05) is 11.0 Å². The molecule has 0 aliphatic carbocycles. The lowest BCUT2D eigenvalue weighted by atomic mass is 10.3. The predicted molar refractivity (Wildman–Crippen MR) is 88.2 cm³/mol. The van der Waals surface area contributed by atoms with E-state index in [-0.39, 0.29) is 6.03 Å². The third-order valence-corrected chi connectivity index (χ3v) is 3.55. The Hall–Kier alpha value is -1.66. The number of halogens is 2. The van der Waals surface area contributed by atoms with Gasteiger partial charge in [0.15, 0.2) is 0 Å². The highest BCUT2D eigenvalue weighted by atomic mass is 79.9. The van der Waals surface area contributed by atoms with Crippen LogP contribution in [0.25, 0.3) is 0 Å². The van der Waals surface area contributed by atoms with Crippen LogP contribution in [0.15, 0.2) is 45.5 Å². The summed E-state index contributed by atoms with van der Waals surface area (Å²) in [6.45, 7) is 1.35. The van der Waals surface area contributed by atoms with Crippen LogP contribution >= 0.6 is 27.5 Å². The number of hydrogen-bond acceptors (Lipinski definition) is 3. The maximum absolute atomic E-state index is 11.5. The Morgan fingerprint density at radius 2 is 2.18 bits per heavy atom. The van der Waals surface area contributed by atoms with Crippen LogP contribution in [-0.4, -0.2) is 19.2 Å². The second-order valence-corrected chi connectivity index (χ2v) is 5.79. The molecule has 0 unspecified atom stereocenters. The molecule has 0 bridgehead atoms. The van der Waals surface area contributed by atoms with Crippen molar-refractivity contribution in [2.45, 2.75) is 13.0 Å². The number of carbonyl (C=O) groups excluding carboxylic acids is 1. The number of hydrogen-bond donors (Lipinski definition) is 2. The summed E-state index contributed by atoms with van der Waals surface area (Å²) in [6, 6.07) is 8.78. The van der Waals surface area contributed by atoms with Gasteiger partial charge in [-0.15, -0.1) is 0 Å². The molecule has 5 nitrogen and oxygen atoms in total. The first-order chi connectivity index (χ1) is 10.6. The first-order valence-corrected chi connectivity index (χ1v) is 7.94. The Morgan fingerprint density at radius 1 is 1.32 bits per heavy atom. The quantitative estimate of drug-likeness (QED) is 0.707. The van der Waals surface area contributed by atoms with Gasteiger partial charge < -0.3 is 19.8 Å². The molecule has 0 atom stereocenters. The summed E-state index contributed by atoms with van der Waals surface area (Å²) in [5, 5.41) is 6.00. The molecular weight excluding hydrogens is 372 g/mol. The zero-order valence-electron chi connectivity index (χ0n) is 11.8. The van der Waals surface area contributed by atoms with Crippen molar-refractivity contribution < 1.29 is 13.9 Å².